The lowest BCUT2D eigenvalue weighted by Crippen LogP contribution is -2.39. The highest BCUT2D eigenvalue weighted by Crippen LogP contribution is 2.33. The van der Waals surface area contributed by atoms with Gasteiger partial charge >= 0.3 is 0 Å². The summed E-state index contributed by atoms with van der Waals surface area (Å²) in [5, 5.41) is 0. The fraction of sp³-hybridized carbons (Fsp3) is 0.231. The minimum atomic E-state index is -0.116. The number of amides is 1. The second kappa shape index (κ2) is 10.3. The quantitative estimate of drug-likeness (QED) is 0.416. The van der Waals surface area contributed by atoms with Gasteiger partial charge in [-0.1, -0.05) is 6.07 Å². The molecule has 4 aromatic rings. The van der Waals surface area contributed by atoms with Crippen LogP contribution >= 0.6 is 0 Å². The molecule has 0 saturated carbocycles. The van der Waals surface area contributed by atoms with Crippen LogP contribution in [0.2, 0.25) is 0 Å². The maximum Gasteiger partial charge on any atom is 0.272 e. The van der Waals surface area contributed by atoms with Crippen molar-refractivity contribution in [1.29, 1.82) is 0 Å². The Bertz CT molecular complexity index is 1300. The highest BCUT2D eigenvalue weighted by molar-refractivity contribution is 5.93. The second-order valence-corrected chi connectivity index (χ2v) is 8.15. The lowest BCUT2D eigenvalue weighted by Gasteiger charge is -2.32. The van der Waals surface area contributed by atoms with Crippen molar-refractivity contribution >= 4 is 5.91 Å². The molecule has 1 aliphatic heterocycles. The number of piperidine rings is 1. The summed E-state index contributed by atoms with van der Waals surface area (Å²) in [4.78, 5) is 36.8. The Morgan fingerprint density at radius 3 is 2.57 bits per heavy atom. The fourth-order valence-electron chi connectivity index (χ4n) is 4.14. The van der Waals surface area contributed by atoms with Crippen LogP contribution in [0, 0.1) is 0 Å². The molecule has 35 heavy (non-hydrogen) atoms. The zero-order valence-corrected chi connectivity index (χ0v) is 19.2. The van der Waals surface area contributed by atoms with E-state index in [4.69, 9.17) is 9.47 Å². The van der Waals surface area contributed by atoms with E-state index in [1.54, 1.807) is 38.0 Å². The minimum Gasteiger partial charge on any atom is -0.497 e. The summed E-state index contributed by atoms with van der Waals surface area (Å²) in [6.07, 6.45) is 9.82. The van der Waals surface area contributed by atoms with Crippen LogP contribution in [0.15, 0.2) is 73.6 Å². The molecule has 5 rings (SSSR count). The number of hydrogen-bond donors (Lipinski definition) is 0. The molecule has 3 aromatic heterocycles. The van der Waals surface area contributed by atoms with Crippen LogP contribution in [-0.4, -0.2) is 55.9 Å². The first kappa shape index (κ1) is 22.4. The smallest absolute Gasteiger partial charge is 0.272 e. The molecule has 1 aliphatic rings. The molecule has 9 heteroatoms. The van der Waals surface area contributed by atoms with Crippen molar-refractivity contribution in [2.75, 3.05) is 20.2 Å². The van der Waals surface area contributed by atoms with Crippen LogP contribution in [0.3, 0.4) is 0 Å². The minimum absolute atomic E-state index is 0.000328. The van der Waals surface area contributed by atoms with Crippen molar-refractivity contribution < 1.29 is 14.3 Å². The van der Waals surface area contributed by atoms with Crippen LogP contribution in [0.5, 0.6) is 17.4 Å². The molecular weight excluding hydrogens is 444 g/mol. The topological polar surface area (TPSA) is 103 Å². The molecule has 0 radical (unpaired) electrons. The Labute approximate surface area is 202 Å². The number of nitrogens with zero attached hydrogens (tertiary/aromatic N) is 6. The molecule has 0 N–H and O–H groups in total. The van der Waals surface area contributed by atoms with Gasteiger partial charge in [-0.25, -0.2) is 19.9 Å². The number of likely N-dealkylation sites (tertiary alicyclic amines) is 1. The van der Waals surface area contributed by atoms with Gasteiger partial charge in [-0.05, 0) is 49.2 Å². The molecule has 0 aliphatic carbocycles. The van der Waals surface area contributed by atoms with Gasteiger partial charge in [-0.15, -0.1) is 0 Å². The molecule has 1 aromatic carbocycles. The molecule has 1 fully saturated rings. The normalized spacial score (nSPS) is 15.5. The van der Waals surface area contributed by atoms with Crippen molar-refractivity contribution in [3.8, 4) is 28.6 Å². The van der Waals surface area contributed by atoms with Crippen molar-refractivity contribution in [2.24, 2.45) is 0 Å². The molecule has 0 bridgehead atoms. The Morgan fingerprint density at radius 1 is 1.00 bits per heavy atom. The van der Waals surface area contributed by atoms with E-state index in [1.807, 2.05) is 41.3 Å². The molecule has 0 spiro atoms. The molecule has 9 nitrogen and oxygen atoms in total. The molecule has 0 unspecified atom stereocenters. The number of ether oxygens (including phenoxy) is 2. The third-order valence-corrected chi connectivity index (χ3v) is 5.89. The predicted molar refractivity (Wildman–Crippen MR) is 128 cm³/mol. The number of methoxy groups -OCH3 is 1. The number of carbonyl (C=O) groups is 1. The average molecular weight is 469 g/mol. The van der Waals surface area contributed by atoms with E-state index in [0.29, 0.717) is 36.1 Å². The number of pyridine rings is 1. The summed E-state index contributed by atoms with van der Waals surface area (Å²) in [6, 6.07) is 12.7. The van der Waals surface area contributed by atoms with E-state index >= 15 is 0 Å². The highest BCUT2D eigenvalue weighted by atomic mass is 16.5. The maximum absolute atomic E-state index is 13.3. The Kier molecular flexibility index (Phi) is 6.56. The summed E-state index contributed by atoms with van der Waals surface area (Å²) in [7, 11) is 1.62. The van der Waals surface area contributed by atoms with Crippen LogP contribution in [-0.2, 0) is 0 Å². The molecule has 176 valence electrons. The number of hydrogen-bond acceptors (Lipinski definition) is 8. The summed E-state index contributed by atoms with van der Waals surface area (Å²) >= 11 is 0. The Balaban J connectivity index is 1.34. The summed E-state index contributed by atoms with van der Waals surface area (Å²) in [6.45, 7) is 1.17. The number of carbonyl (C=O) groups excluding carboxylic acids is 1. The van der Waals surface area contributed by atoms with Gasteiger partial charge < -0.3 is 14.4 Å². The second-order valence-electron chi connectivity index (χ2n) is 8.15. The van der Waals surface area contributed by atoms with Gasteiger partial charge in [0.1, 0.15) is 29.2 Å². The highest BCUT2D eigenvalue weighted by Gasteiger charge is 2.29. The van der Waals surface area contributed by atoms with Crippen molar-refractivity contribution in [3.63, 3.8) is 0 Å². The van der Waals surface area contributed by atoms with E-state index in [9.17, 15) is 4.79 Å². The van der Waals surface area contributed by atoms with Gasteiger partial charge in [-0.2, -0.15) is 0 Å². The van der Waals surface area contributed by atoms with E-state index in [0.717, 1.165) is 29.8 Å². The zero-order chi connectivity index (χ0) is 24.0. The first-order valence-electron chi connectivity index (χ1n) is 11.4. The molecule has 4 heterocycles. The Hall–Kier alpha value is -4.40. The number of aromatic nitrogens is 5. The average Bonchev–Trinajstić information content (AvgIpc) is 2.94. The number of rotatable bonds is 6. The van der Waals surface area contributed by atoms with Gasteiger partial charge in [0.25, 0.3) is 5.91 Å². The van der Waals surface area contributed by atoms with Crippen molar-refractivity contribution in [3.05, 3.63) is 85.0 Å². The molecular formula is C26H24N6O3. The van der Waals surface area contributed by atoms with Crippen molar-refractivity contribution in [1.82, 2.24) is 29.8 Å². The standard InChI is InChI=1S/C26H24N6O3/c1-34-20-7-9-21(10-8-20)35-25-24(29-11-12-30-25)18-4-3-13-32(16-18)26(33)23-6-2-5-22(31-23)19-14-27-17-28-15-19/h2,5-12,14-15,17-18H,3-4,13,16H2,1H3/t18-/m1/s1. The zero-order valence-electron chi connectivity index (χ0n) is 19.2. The van der Waals surface area contributed by atoms with Crippen LogP contribution in [0.25, 0.3) is 11.3 Å². The lowest BCUT2D eigenvalue weighted by atomic mass is 9.94. The summed E-state index contributed by atoms with van der Waals surface area (Å²) < 4.78 is 11.3. The third-order valence-electron chi connectivity index (χ3n) is 5.89. The largest absolute Gasteiger partial charge is 0.497 e. The summed E-state index contributed by atoms with van der Waals surface area (Å²) in [5.41, 5.74) is 2.55. The van der Waals surface area contributed by atoms with Crippen LogP contribution in [0.4, 0.5) is 0 Å². The monoisotopic (exact) mass is 468 g/mol. The number of benzene rings is 1. The Morgan fingerprint density at radius 2 is 1.77 bits per heavy atom. The summed E-state index contributed by atoms with van der Waals surface area (Å²) in [5.74, 6) is 1.72. The van der Waals surface area contributed by atoms with Crippen LogP contribution in [0.1, 0.15) is 34.9 Å². The molecule has 1 saturated heterocycles. The van der Waals surface area contributed by atoms with Gasteiger partial charge in [0.05, 0.1) is 12.8 Å². The van der Waals surface area contributed by atoms with E-state index in [2.05, 4.69) is 24.9 Å². The lowest BCUT2D eigenvalue weighted by molar-refractivity contribution is 0.0699. The third kappa shape index (κ3) is 5.08. The van der Waals surface area contributed by atoms with Crippen LogP contribution < -0.4 is 9.47 Å². The molecule has 1 atom stereocenters. The fourth-order valence-corrected chi connectivity index (χ4v) is 4.14. The SMILES string of the molecule is COc1ccc(Oc2nccnc2[C@@H]2CCCN(C(=O)c3cccc(-c4cncnc4)n3)C2)cc1. The van der Waals surface area contributed by atoms with Gasteiger partial charge in [-0.3, -0.25) is 9.78 Å². The van der Waals surface area contributed by atoms with Gasteiger partial charge in [0.2, 0.25) is 5.88 Å². The van der Waals surface area contributed by atoms with E-state index in [1.165, 1.54) is 6.33 Å². The maximum atomic E-state index is 13.3. The van der Waals surface area contributed by atoms with Crippen molar-refractivity contribution in [2.45, 2.75) is 18.8 Å². The van der Waals surface area contributed by atoms with Gasteiger partial charge in [0.15, 0.2) is 0 Å². The first-order valence-corrected chi connectivity index (χ1v) is 11.4. The predicted octanol–water partition coefficient (Wildman–Crippen LogP) is 4.15. The van der Waals surface area contributed by atoms with Gasteiger partial charge in [0, 0.05) is 49.4 Å². The molecule has 1 amide bonds. The first-order chi connectivity index (χ1) is 17.2. The van der Waals surface area contributed by atoms with E-state index < -0.39 is 0 Å². The van der Waals surface area contributed by atoms with E-state index in [-0.39, 0.29) is 11.8 Å².